The molecule has 0 saturated heterocycles. The summed E-state index contributed by atoms with van der Waals surface area (Å²) in [4.78, 5) is 13.6. The molecule has 3 heterocycles. The Balaban J connectivity index is 1.44. The van der Waals surface area contributed by atoms with Crippen LogP contribution >= 0.6 is 0 Å². The minimum Gasteiger partial charge on any atom is -0.454 e. The summed E-state index contributed by atoms with van der Waals surface area (Å²) in [5.41, 5.74) is 3.44. The number of hydrogen-bond acceptors (Lipinski definition) is 7. The van der Waals surface area contributed by atoms with Crippen LogP contribution in [0.1, 0.15) is 5.69 Å². The van der Waals surface area contributed by atoms with E-state index in [0.29, 0.717) is 11.8 Å². The number of hydrogen-bond donors (Lipinski definition) is 2. The number of aryl methyl sites for hydroxylation is 1. The molecule has 1 aliphatic rings. The number of ether oxygens (including phenoxy) is 2. The lowest BCUT2D eigenvalue weighted by Gasteiger charge is -2.11. The molecule has 0 aliphatic carbocycles. The Kier molecular flexibility index (Phi) is 3.90. The van der Waals surface area contributed by atoms with Gasteiger partial charge in [-0.3, -0.25) is 4.98 Å². The van der Waals surface area contributed by atoms with E-state index < -0.39 is 0 Å². The number of benzene rings is 2. The Morgan fingerprint density at radius 2 is 1.79 bits per heavy atom. The van der Waals surface area contributed by atoms with Crippen LogP contribution in [0.4, 0.5) is 23.1 Å². The number of aromatic nitrogens is 3. The highest BCUT2D eigenvalue weighted by molar-refractivity contribution is 5.91. The molecule has 0 radical (unpaired) electrons. The van der Waals surface area contributed by atoms with Crippen LogP contribution in [0.15, 0.2) is 60.8 Å². The molecule has 5 rings (SSSR count). The topological polar surface area (TPSA) is 81.2 Å². The van der Waals surface area contributed by atoms with E-state index in [4.69, 9.17) is 9.47 Å². The normalized spacial score (nSPS) is 12.2. The lowest BCUT2D eigenvalue weighted by molar-refractivity contribution is 0.174. The first-order valence-corrected chi connectivity index (χ1v) is 8.88. The predicted molar refractivity (Wildman–Crippen MR) is 108 cm³/mol. The first-order valence-electron chi connectivity index (χ1n) is 8.88. The first-order chi connectivity index (χ1) is 13.7. The fourth-order valence-corrected chi connectivity index (χ4v) is 3.14. The molecule has 4 aromatic rings. The molecule has 28 heavy (non-hydrogen) atoms. The Morgan fingerprint density at radius 1 is 0.893 bits per heavy atom. The summed E-state index contributed by atoms with van der Waals surface area (Å²) in [7, 11) is 0. The smallest absolute Gasteiger partial charge is 0.231 e. The van der Waals surface area contributed by atoms with Crippen molar-refractivity contribution in [2.45, 2.75) is 6.92 Å². The summed E-state index contributed by atoms with van der Waals surface area (Å²) in [6, 6.07) is 17.5. The van der Waals surface area contributed by atoms with Gasteiger partial charge >= 0.3 is 0 Å². The molecule has 0 amide bonds. The third kappa shape index (κ3) is 3.14. The van der Waals surface area contributed by atoms with Crippen LogP contribution in [0.2, 0.25) is 0 Å². The second-order valence-corrected chi connectivity index (χ2v) is 6.42. The fourth-order valence-electron chi connectivity index (χ4n) is 3.14. The molecule has 0 fully saturated rings. The molecule has 0 spiro atoms. The van der Waals surface area contributed by atoms with Crippen molar-refractivity contribution in [1.29, 1.82) is 0 Å². The molecule has 1 aliphatic heterocycles. The van der Waals surface area contributed by atoms with Gasteiger partial charge < -0.3 is 20.1 Å². The van der Waals surface area contributed by atoms with Gasteiger partial charge in [-0.25, -0.2) is 4.98 Å². The Morgan fingerprint density at radius 3 is 2.75 bits per heavy atom. The summed E-state index contributed by atoms with van der Waals surface area (Å²) in [6.07, 6.45) is 1.78. The predicted octanol–water partition coefficient (Wildman–Crippen LogP) is 4.55. The number of nitrogens with one attached hydrogen (secondary N) is 2. The number of pyridine rings is 1. The third-order valence-corrected chi connectivity index (χ3v) is 4.38. The largest absolute Gasteiger partial charge is 0.454 e. The first kappa shape index (κ1) is 16.3. The van der Waals surface area contributed by atoms with E-state index in [9.17, 15) is 0 Å². The van der Waals surface area contributed by atoms with E-state index in [1.807, 2.05) is 61.5 Å². The van der Waals surface area contributed by atoms with Gasteiger partial charge in [-0.15, -0.1) is 0 Å². The maximum absolute atomic E-state index is 5.43. The van der Waals surface area contributed by atoms with E-state index >= 15 is 0 Å². The lowest BCUT2D eigenvalue weighted by atomic mass is 10.2. The Bertz CT molecular complexity index is 1170. The van der Waals surface area contributed by atoms with Crippen molar-refractivity contribution in [2.75, 3.05) is 17.4 Å². The average molecular weight is 371 g/mol. The molecule has 0 saturated carbocycles. The van der Waals surface area contributed by atoms with E-state index in [-0.39, 0.29) is 6.79 Å². The second-order valence-electron chi connectivity index (χ2n) is 6.42. The zero-order chi connectivity index (χ0) is 18.9. The standard InChI is InChI=1S/C21H17N5O2/c1-13-10-19(24-15-7-8-17-18(11-15)28-12-27-17)26-21(23-13)25-16-6-2-4-14-5-3-9-22-20(14)16/h2-11H,12H2,1H3,(H2,23,24,25,26). The summed E-state index contributed by atoms with van der Waals surface area (Å²) >= 11 is 0. The summed E-state index contributed by atoms with van der Waals surface area (Å²) in [5.74, 6) is 2.65. The van der Waals surface area contributed by atoms with Gasteiger partial charge in [-0.1, -0.05) is 18.2 Å². The molecule has 0 atom stereocenters. The number of para-hydroxylation sites is 1. The highest BCUT2D eigenvalue weighted by Gasteiger charge is 2.14. The molecule has 2 aromatic carbocycles. The van der Waals surface area contributed by atoms with E-state index in [2.05, 4.69) is 25.6 Å². The van der Waals surface area contributed by atoms with Gasteiger partial charge in [0.25, 0.3) is 0 Å². The van der Waals surface area contributed by atoms with E-state index in [1.165, 1.54) is 0 Å². The molecular formula is C21H17N5O2. The van der Waals surface area contributed by atoms with Gasteiger partial charge in [0.2, 0.25) is 12.7 Å². The van der Waals surface area contributed by atoms with Gasteiger partial charge in [-0.05, 0) is 31.2 Å². The van der Waals surface area contributed by atoms with Crippen molar-refractivity contribution in [2.24, 2.45) is 0 Å². The van der Waals surface area contributed by atoms with Crippen molar-refractivity contribution in [1.82, 2.24) is 15.0 Å². The summed E-state index contributed by atoms with van der Waals surface area (Å²) in [6.45, 7) is 2.18. The number of fused-ring (bicyclic) bond motifs is 2. The van der Waals surface area contributed by atoms with Crippen LogP contribution < -0.4 is 20.1 Å². The molecule has 2 N–H and O–H groups in total. The summed E-state index contributed by atoms with van der Waals surface area (Å²) < 4.78 is 10.8. The van der Waals surface area contributed by atoms with Gasteiger partial charge in [0.1, 0.15) is 5.82 Å². The van der Waals surface area contributed by atoms with Crippen molar-refractivity contribution < 1.29 is 9.47 Å². The molecule has 7 nitrogen and oxygen atoms in total. The van der Waals surface area contributed by atoms with Gasteiger partial charge in [0.05, 0.1) is 11.2 Å². The molecule has 2 aromatic heterocycles. The average Bonchev–Trinajstić information content (AvgIpc) is 3.16. The monoisotopic (exact) mass is 371 g/mol. The highest BCUT2D eigenvalue weighted by Crippen LogP contribution is 2.35. The van der Waals surface area contributed by atoms with Crippen LogP contribution in [0.5, 0.6) is 11.5 Å². The van der Waals surface area contributed by atoms with Crippen LogP contribution in [0.25, 0.3) is 10.9 Å². The number of rotatable bonds is 4. The van der Waals surface area contributed by atoms with Crippen molar-refractivity contribution in [3.8, 4) is 11.5 Å². The third-order valence-electron chi connectivity index (χ3n) is 4.38. The van der Waals surface area contributed by atoms with Crippen molar-refractivity contribution in [3.63, 3.8) is 0 Å². The molecular weight excluding hydrogens is 354 g/mol. The quantitative estimate of drug-likeness (QED) is 0.545. The van der Waals surface area contributed by atoms with Crippen molar-refractivity contribution in [3.05, 3.63) is 66.5 Å². The zero-order valence-corrected chi connectivity index (χ0v) is 15.1. The maximum atomic E-state index is 5.43. The zero-order valence-electron chi connectivity index (χ0n) is 15.1. The molecule has 0 bridgehead atoms. The molecule has 138 valence electrons. The van der Waals surface area contributed by atoms with Crippen LogP contribution in [-0.2, 0) is 0 Å². The number of anilines is 4. The summed E-state index contributed by atoms with van der Waals surface area (Å²) in [5, 5.41) is 7.64. The fraction of sp³-hybridized carbons (Fsp3) is 0.0952. The van der Waals surface area contributed by atoms with Gasteiger partial charge in [0, 0.05) is 35.1 Å². The van der Waals surface area contributed by atoms with Crippen molar-refractivity contribution >= 4 is 34.0 Å². The lowest BCUT2D eigenvalue weighted by Crippen LogP contribution is -2.03. The highest BCUT2D eigenvalue weighted by atomic mass is 16.7. The van der Waals surface area contributed by atoms with Crippen LogP contribution in [-0.4, -0.2) is 21.7 Å². The minimum absolute atomic E-state index is 0.249. The second kappa shape index (κ2) is 6.70. The maximum Gasteiger partial charge on any atom is 0.231 e. The van der Waals surface area contributed by atoms with E-state index in [1.54, 1.807) is 6.20 Å². The van der Waals surface area contributed by atoms with Crippen LogP contribution in [0, 0.1) is 6.92 Å². The minimum atomic E-state index is 0.249. The Labute approximate surface area is 161 Å². The SMILES string of the molecule is Cc1cc(Nc2ccc3c(c2)OCO3)nc(Nc2cccc3cccnc23)n1. The Hall–Kier alpha value is -3.87. The number of nitrogens with zero attached hydrogens (tertiary/aromatic N) is 3. The van der Waals surface area contributed by atoms with Gasteiger partial charge in [0.15, 0.2) is 11.5 Å². The van der Waals surface area contributed by atoms with Crippen LogP contribution in [0.3, 0.4) is 0 Å². The van der Waals surface area contributed by atoms with E-state index in [0.717, 1.165) is 39.5 Å². The van der Waals surface area contributed by atoms with Gasteiger partial charge in [-0.2, -0.15) is 4.98 Å². The molecule has 7 heteroatoms. The molecule has 0 unspecified atom stereocenters.